The highest BCUT2D eigenvalue weighted by Gasteiger charge is 2.62. The van der Waals surface area contributed by atoms with E-state index in [9.17, 15) is 9.59 Å². The molecule has 0 bridgehead atoms. The minimum atomic E-state index is -0.965. The van der Waals surface area contributed by atoms with Crippen molar-refractivity contribution in [3.63, 3.8) is 0 Å². The molecule has 5 aliphatic rings. The van der Waals surface area contributed by atoms with Gasteiger partial charge < -0.3 is 4.90 Å². The summed E-state index contributed by atoms with van der Waals surface area (Å²) in [6, 6.07) is 0. The fraction of sp³-hybridized carbons (Fsp3) is 0.821. The molecule has 34 heavy (non-hydrogen) atoms. The third kappa shape index (κ3) is 3.41. The summed E-state index contributed by atoms with van der Waals surface area (Å²) in [6.45, 7) is 6.48. The molecule has 2 heterocycles. The van der Waals surface area contributed by atoms with Gasteiger partial charge in [-0.2, -0.15) is 5.10 Å². The van der Waals surface area contributed by atoms with Crippen molar-refractivity contribution in [2.24, 2.45) is 40.9 Å². The fourth-order valence-electron chi connectivity index (χ4n) is 9.06. The molecule has 1 aliphatic heterocycles. The molecule has 1 aromatic rings. The lowest BCUT2D eigenvalue weighted by Crippen LogP contribution is -2.56. The number of likely N-dealkylation sites (tertiary alicyclic amines) is 1. The first kappa shape index (κ1) is 22.7. The van der Waals surface area contributed by atoms with Crippen molar-refractivity contribution in [1.29, 1.82) is 0 Å². The predicted molar refractivity (Wildman–Crippen MR) is 128 cm³/mol. The highest BCUT2D eigenvalue weighted by Crippen LogP contribution is 2.66. The second-order valence-corrected chi connectivity index (χ2v) is 12.7. The molecule has 6 heteroatoms. The summed E-state index contributed by atoms with van der Waals surface area (Å²) < 4.78 is 18.2. The normalized spacial score (nSPS) is 43.4. The number of halogens is 1. The second kappa shape index (κ2) is 8.16. The van der Waals surface area contributed by atoms with Gasteiger partial charge in [0.25, 0.3) is 5.91 Å². The first-order valence-corrected chi connectivity index (χ1v) is 13.8. The maximum Gasteiger partial charge on any atom is 0.257 e. The van der Waals surface area contributed by atoms with Gasteiger partial charge in [0.2, 0.25) is 0 Å². The van der Waals surface area contributed by atoms with Crippen molar-refractivity contribution >= 4 is 11.7 Å². The van der Waals surface area contributed by atoms with Gasteiger partial charge in [-0.25, -0.2) is 4.39 Å². The molecule has 0 aromatic carbocycles. The van der Waals surface area contributed by atoms with Crippen LogP contribution in [0.3, 0.4) is 0 Å². The van der Waals surface area contributed by atoms with Crippen LogP contribution < -0.4 is 0 Å². The van der Waals surface area contributed by atoms with E-state index in [4.69, 9.17) is 0 Å². The molecular formula is C28H40FN3O2. The second-order valence-electron chi connectivity index (χ2n) is 12.7. The van der Waals surface area contributed by atoms with E-state index in [0.29, 0.717) is 23.3 Å². The van der Waals surface area contributed by atoms with Gasteiger partial charge >= 0.3 is 0 Å². The molecular weight excluding hydrogens is 429 g/mol. The number of alkyl halides is 1. The number of nitrogens with zero attached hydrogens (tertiary/aromatic N) is 3. The van der Waals surface area contributed by atoms with Gasteiger partial charge in [-0.05, 0) is 99.2 Å². The van der Waals surface area contributed by atoms with Gasteiger partial charge in [-0.15, -0.1) is 0 Å². The van der Waals surface area contributed by atoms with Gasteiger partial charge in [-0.3, -0.25) is 14.3 Å². The Labute approximate surface area is 202 Å². The Morgan fingerprint density at radius 1 is 1.09 bits per heavy atom. The number of carbonyl (C=O) groups excluding carboxylic acids is 2. The Hall–Kier alpha value is -1.72. The number of aromatic nitrogens is 2. The van der Waals surface area contributed by atoms with E-state index in [-0.39, 0.29) is 41.4 Å². The quantitative estimate of drug-likeness (QED) is 0.602. The lowest BCUT2D eigenvalue weighted by molar-refractivity contribution is -0.146. The van der Waals surface area contributed by atoms with Crippen molar-refractivity contribution in [1.82, 2.24) is 14.7 Å². The molecule has 0 radical (unpaired) electrons. The zero-order chi connectivity index (χ0) is 23.7. The van der Waals surface area contributed by atoms with Crippen LogP contribution in [-0.2, 0) is 11.3 Å². The Kier molecular flexibility index (Phi) is 5.46. The van der Waals surface area contributed by atoms with Crippen LogP contribution in [0.25, 0.3) is 0 Å². The van der Waals surface area contributed by atoms with Crippen molar-refractivity contribution in [2.45, 2.75) is 90.3 Å². The van der Waals surface area contributed by atoms with Crippen LogP contribution in [0, 0.1) is 40.9 Å². The van der Waals surface area contributed by atoms with Gasteiger partial charge in [0.1, 0.15) is 5.67 Å². The Morgan fingerprint density at radius 2 is 1.91 bits per heavy atom. The van der Waals surface area contributed by atoms with Gasteiger partial charge in [0, 0.05) is 25.2 Å². The van der Waals surface area contributed by atoms with Crippen molar-refractivity contribution in [2.75, 3.05) is 13.1 Å². The Balaban J connectivity index is 1.15. The van der Waals surface area contributed by atoms with E-state index in [2.05, 4.69) is 18.9 Å². The van der Waals surface area contributed by atoms with E-state index >= 15 is 4.39 Å². The average molecular weight is 470 g/mol. The fourth-order valence-corrected chi connectivity index (χ4v) is 9.06. The molecule has 4 saturated carbocycles. The zero-order valence-electron chi connectivity index (χ0n) is 20.8. The van der Waals surface area contributed by atoms with E-state index in [1.54, 1.807) is 17.1 Å². The van der Waals surface area contributed by atoms with Crippen LogP contribution >= 0.6 is 0 Å². The zero-order valence-corrected chi connectivity index (χ0v) is 20.8. The summed E-state index contributed by atoms with van der Waals surface area (Å²) in [5, 5.41) is 4.34. The lowest BCUT2D eigenvalue weighted by Gasteiger charge is -2.58. The van der Waals surface area contributed by atoms with Crippen LogP contribution in [0.5, 0.6) is 0 Å². The van der Waals surface area contributed by atoms with Crippen LogP contribution in [0.15, 0.2) is 12.4 Å². The molecule has 6 rings (SSSR count). The lowest BCUT2D eigenvalue weighted by atomic mass is 9.48. The van der Waals surface area contributed by atoms with Crippen molar-refractivity contribution < 1.29 is 14.0 Å². The van der Waals surface area contributed by atoms with Crippen LogP contribution in [0.4, 0.5) is 4.39 Å². The van der Waals surface area contributed by atoms with Crippen molar-refractivity contribution in [3.8, 4) is 0 Å². The van der Waals surface area contributed by atoms with Gasteiger partial charge in [0.15, 0.2) is 5.78 Å². The van der Waals surface area contributed by atoms with Crippen molar-refractivity contribution in [3.05, 3.63) is 18.0 Å². The maximum atomic E-state index is 16.5. The summed E-state index contributed by atoms with van der Waals surface area (Å²) in [6.07, 6.45) is 13.3. The van der Waals surface area contributed by atoms with E-state index in [1.807, 2.05) is 4.90 Å². The molecule has 0 spiro atoms. The van der Waals surface area contributed by atoms with E-state index < -0.39 is 5.67 Å². The molecule has 2 unspecified atom stereocenters. The molecule has 5 fully saturated rings. The summed E-state index contributed by atoms with van der Waals surface area (Å²) in [5.74, 6) is 2.31. The number of carbonyl (C=O) groups is 2. The number of amides is 1. The molecule has 0 N–H and O–H groups in total. The minimum Gasteiger partial charge on any atom is -0.338 e. The first-order chi connectivity index (χ1) is 16.3. The summed E-state index contributed by atoms with van der Waals surface area (Å²) in [7, 11) is 0. The van der Waals surface area contributed by atoms with E-state index in [0.717, 1.165) is 77.3 Å². The standard InChI is InChI=1S/C28H40FN3O2/c1-18-8-11-28(29)20(14-18)4-5-21-22-6-7-24(27(22,2)10-9-23(21)28)25(33)17-32-16-19(15-30-32)26(34)31-12-3-13-31/h15-16,18,20-24H,3-14,17H2,1-2H3/t18-,20+,21-,22?,23?,24+,27-,28+/m0/s1. The van der Waals surface area contributed by atoms with Crippen LogP contribution in [0.1, 0.15) is 88.4 Å². The van der Waals surface area contributed by atoms with Gasteiger partial charge in [-0.1, -0.05) is 13.8 Å². The summed E-state index contributed by atoms with van der Waals surface area (Å²) in [5.41, 5.74) is -0.407. The maximum absolute atomic E-state index is 16.5. The minimum absolute atomic E-state index is 0.0176. The smallest absolute Gasteiger partial charge is 0.257 e. The largest absolute Gasteiger partial charge is 0.338 e. The number of Topliss-reactive ketones (excluding diaryl/α,β-unsaturated/α-hetero) is 1. The van der Waals surface area contributed by atoms with Gasteiger partial charge in [0.05, 0.1) is 18.3 Å². The highest BCUT2D eigenvalue weighted by molar-refractivity contribution is 5.94. The summed E-state index contributed by atoms with van der Waals surface area (Å²) in [4.78, 5) is 27.8. The monoisotopic (exact) mass is 469 g/mol. The Morgan fingerprint density at radius 3 is 2.68 bits per heavy atom. The first-order valence-electron chi connectivity index (χ1n) is 13.8. The number of fused-ring (bicyclic) bond motifs is 5. The van der Waals surface area contributed by atoms with Crippen LogP contribution in [-0.4, -0.2) is 45.1 Å². The SMILES string of the molecule is C[C@H]1CC[C@]2(F)C3CC[C@@]4(C)C(CC[C@@H]4C(=O)Cn4cc(C(=O)N5CCC5)cn4)[C@@H]3CC[C@@H]2C1. The van der Waals surface area contributed by atoms with E-state index in [1.165, 1.54) is 0 Å². The molecule has 4 aliphatic carbocycles. The number of rotatable bonds is 4. The predicted octanol–water partition coefficient (Wildman–Crippen LogP) is 5.30. The number of hydrogen-bond donors (Lipinski definition) is 0. The third-order valence-electron chi connectivity index (χ3n) is 11.0. The number of hydrogen-bond acceptors (Lipinski definition) is 3. The van der Waals surface area contributed by atoms with Crippen LogP contribution in [0.2, 0.25) is 0 Å². The highest BCUT2D eigenvalue weighted by atomic mass is 19.1. The topological polar surface area (TPSA) is 55.2 Å². The molecule has 5 nitrogen and oxygen atoms in total. The molecule has 186 valence electrons. The number of ketones is 1. The average Bonchev–Trinajstić information content (AvgIpc) is 3.37. The summed E-state index contributed by atoms with van der Waals surface area (Å²) >= 11 is 0. The molecule has 1 amide bonds. The molecule has 1 saturated heterocycles. The Bertz CT molecular complexity index is 973. The molecule has 1 aromatic heterocycles. The molecule has 8 atom stereocenters. The third-order valence-corrected chi connectivity index (χ3v) is 11.0.